The van der Waals surface area contributed by atoms with Gasteiger partial charge in [0.15, 0.2) is 5.79 Å². The summed E-state index contributed by atoms with van der Waals surface area (Å²) in [5.74, 6) is -0.801. The van der Waals surface area contributed by atoms with Gasteiger partial charge in [-0.2, -0.15) is 5.26 Å². The van der Waals surface area contributed by atoms with Crippen molar-refractivity contribution in [2.45, 2.75) is 75.8 Å². The highest BCUT2D eigenvalue weighted by Crippen LogP contribution is 2.45. The van der Waals surface area contributed by atoms with Crippen LogP contribution in [0.4, 0.5) is 0 Å². The maximum absolute atomic E-state index is 12.4. The third kappa shape index (κ3) is 4.33. The Morgan fingerprint density at radius 2 is 1.56 bits per heavy atom. The molecular formula is C27H33NO5Si. The van der Waals surface area contributed by atoms with Crippen LogP contribution in [0.1, 0.15) is 40.5 Å². The number of nitrogens with zero attached hydrogens (tertiary/aromatic N) is 1. The quantitative estimate of drug-likeness (QED) is 0.359. The summed E-state index contributed by atoms with van der Waals surface area (Å²) < 4.78 is 18.4. The summed E-state index contributed by atoms with van der Waals surface area (Å²) in [5.41, 5.74) is 0.123. The molecule has 180 valence electrons. The number of aliphatic hydroxyl groups is 1. The molecular weight excluding hydrogens is 446 g/mol. The van der Waals surface area contributed by atoms with Gasteiger partial charge in [0.25, 0.3) is 8.32 Å². The molecule has 2 aliphatic rings. The molecule has 0 saturated carbocycles. The number of aliphatic hydroxyl groups excluding tert-OH is 1. The molecule has 2 aromatic rings. The van der Waals surface area contributed by atoms with Gasteiger partial charge in [-0.1, -0.05) is 74.5 Å². The Hall–Kier alpha value is -2.47. The van der Waals surface area contributed by atoms with Gasteiger partial charge in [-0.25, -0.2) is 0 Å². The van der Waals surface area contributed by atoms with Crippen LogP contribution in [0.15, 0.2) is 72.5 Å². The molecule has 0 amide bonds. The largest absolute Gasteiger partial charge is 0.514 e. The first kappa shape index (κ1) is 24.6. The van der Waals surface area contributed by atoms with E-state index in [4.69, 9.17) is 14.2 Å². The van der Waals surface area contributed by atoms with Crippen LogP contribution in [0.5, 0.6) is 0 Å². The predicted octanol–water partition coefficient (Wildman–Crippen LogP) is 3.55. The van der Waals surface area contributed by atoms with Crippen LogP contribution >= 0.6 is 0 Å². The van der Waals surface area contributed by atoms with Crippen molar-refractivity contribution in [2.24, 2.45) is 0 Å². The van der Waals surface area contributed by atoms with Crippen LogP contribution in [-0.2, 0) is 14.2 Å². The van der Waals surface area contributed by atoms with Gasteiger partial charge in [0.1, 0.15) is 24.4 Å². The summed E-state index contributed by atoms with van der Waals surface area (Å²) in [5, 5.41) is 20.5. The lowest BCUT2D eigenvalue weighted by Gasteiger charge is -2.42. The molecule has 6 nitrogen and oxygen atoms in total. The van der Waals surface area contributed by atoms with Crippen LogP contribution in [0.25, 0.3) is 0 Å². The van der Waals surface area contributed by atoms with Gasteiger partial charge in [-0.05, 0) is 42.1 Å². The molecule has 2 aromatic carbocycles. The smallest absolute Gasteiger partial charge is 0.258 e. The van der Waals surface area contributed by atoms with E-state index in [2.05, 4.69) is 13.8 Å². The zero-order valence-electron chi connectivity index (χ0n) is 20.1. The van der Waals surface area contributed by atoms with Crippen molar-refractivity contribution in [3.8, 4) is 6.07 Å². The average Bonchev–Trinajstić information content (AvgIpc) is 3.32. The first-order valence-corrected chi connectivity index (χ1v) is 13.7. The number of ether oxygens (including phenoxy) is 3. The fraction of sp³-hybridized carbons (Fsp3) is 0.444. The number of nitriles is 1. The summed E-state index contributed by atoms with van der Waals surface area (Å²) in [6.45, 7) is 7.92. The molecule has 7 heteroatoms. The zero-order chi connectivity index (χ0) is 24.6. The molecule has 0 radical (unpaired) electrons. The van der Waals surface area contributed by atoms with Crippen molar-refractivity contribution in [1.82, 2.24) is 0 Å². The van der Waals surface area contributed by atoms with E-state index >= 15 is 0 Å². The highest BCUT2D eigenvalue weighted by Gasteiger charge is 2.57. The van der Waals surface area contributed by atoms with Crippen LogP contribution < -0.4 is 10.4 Å². The highest BCUT2D eigenvalue weighted by atomic mass is 28.4. The summed E-state index contributed by atoms with van der Waals surface area (Å²) >= 11 is 0. The Labute approximate surface area is 202 Å². The summed E-state index contributed by atoms with van der Waals surface area (Å²) in [4.78, 5) is 12.4. The van der Waals surface area contributed by atoms with Gasteiger partial charge in [0.2, 0.25) is 0 Å². The average molecular weight is 480 g/mol. The fourth-order valence-corrected chi connectivity index (χ4v) is 9.07. The Bertz CT molecular complexity index is 1020. The van der Waals surface area contributed by atoms with Gasteiger partial charge in [0.05, 0.1) is 17.9 Å². The minimum Gasteiger partial charge on any atom is -0.514 e. The molecule has 2 heterocycles. The molecule has 4 rings (SSSR count). The SMILES string of the molecule is CC1(C)O[C@@H]2[C@@H](CCC(C)(C)[Si](O)(c3ccccc3)c3ccccc3)OC(C(C#N)=CO)[C@@H]2O1. The number of hydrogen-bond acceptors (Lipinski definition) is 6. The van der Waals surface area contributed by atoms with Crippen LogP contribution in [-0.4, -0.2) is 48.4 Å². The molecule has 0 spiro atoms. The Kier molecular flexibility index (Phi) is 6.73. The van der Waals surface area contributed by atoms with E-state index in [0.717, 1.165) is 16.6 Å². The van der Waals surface area contributed by atoms with Crippen molar-refractivity contribution in [3.63, 3.8) is 0 Å². The number of rotatable bonds is 7. The molecule has 0 aliphatic carbocycles. The molecule has 34 heavy (non-hydrogen) atoms. The van der Waals surface area contributed by atoms with Crippen molar-refractivity contribution in [2.75, 3.05) is 0 Å². The number of fused-ring (bicyclic) bond motifs is 1. The van der Waals surface area contributed by atoms with Crippen molar-refractivity contribution < 1.29 is 24.1 Å². The highest BCUT2D eigenvalue weighted by molar-refractivity contribution is 6.98. The fourth-order valence-electron chi connectivity index (χ4n) is 5.32. The third-order valence-electron chi connectivity index (χ3n) is 7.14. The second kappa shape index (κ2) is 9.29. The lowest BCUT2D eigenvalue weighted by Crippen LogP contribution is -2.65. The third-order valence-corrected chi connectivity index (χ3v) is 11.7. The van der Waals surface area contributed by atoms with E-state index in [1.54, 1.807) is 0 Å². The van der Waals surface area contributed by atoms with E-state index in [-0.39, 0.29) is 17.8 Å². The summed E-state index contributed by atoms with van der Waals surface area (Å²) in [7, 11) is -3.15. The molecule has 2 fully saturated rings. The lowest BCUT2D eigenvalue weighted by molar-refractivity contribution is -0.183. The van der Waals surface area contributed by atoms with Gasteiger partial charge < -0.3 is 24.1 Å². The normalized spacial score (nSPS) is 26.8. The van der Waals surface area contributed by atoms with Crippen LogP contribution in [0.3, 0.4) is 0 Å². The standard InChI is InChI=1S/C27H33NO5Si/c1-26(2,34(30,20-11-7-5-8-12-20)21-13-9-6-10-14-21)16-15-22-24-25(33-27(3,4)32-24)23(31-22)19(17-28)18-29/h5-14,18,22-25,29-30H,15-16H2,1-4H3/t22-,23?,24-,25+/m1/s1. The minimum absolute atomic E-state index is 0.123. The van der Waals surface area contributed by atoms with Gasteiger partial charge in [0, 0.05) is 0 Å². The van der Waals surface area contributed by atoms with E-state index < -0.39 is 31.4 Å². The van der Waals surface area contributed by atoms with E-state index in [1.807, 2.05) is 80.6 Å². The predicted molar refractivity (Wildman–Crippen MR) is 132 cm³/mol. The molecule has 4 atom stereocenters. The minimum atomic E-state index is -3.15. The Morgan fingerprint density at radius 1 is 1.03 bits per heavy atom. The van der Waals surface area contributed by atoms with Crippen molar-refractivity contribution in [3.05, 3.63) is 72.5 Å². The topological polar surface area (TPSA) is 91.9 Å². The summed E-state index contributed by atoms with van der Waals surface area (Å²) in [6, 6.07) is 21.9. The van der Waals surface area contributed by atoms with Crippen LogP contribution in [0, 0.1) is 11.3 Å². The van der Waals surface area contributed by atoms with Gasteiger partial charge in [-0.3, -0.25) is 0 Å². The van der Waals surface area contributed by atoms with E-state index in [0.29, 0.717) is 12.8 Å². The number of benzene rings is 2. The molecule has 0 bridgehead atoms. The second-order valence-electron chi connectivity index (χ2n) is 10.2. The maximum Gasteiger partial charge on any atom is 0.258 e. The van der Waals surface area contributed by atoms with Gasteiger partial charge >= 0.3 is 0 Å². The Balaban J connectivity index is 1.62. The van der Waals surface area contributed by atoms with Gasteiger partial charge in [-0.15, -0.1) is 0 Å². The van der Waals surface area contributed by atoms with E-state index in [1.165, 1.54) is 0 Å². The lowest BCUT2D eigenvalue weighted by atomic mass is 9.98. The Morgan fingerprint density at radius 3 is 2.06 bits per heavy atom. The monoisotopic (exact) mass is 479 g/mol. The zero-order valence-corrected chi connectivity index (χ0v) is 21.1. The van der Waals surface area contributed by atoms with Crippen molar-refractivity contribution in [1.29, 1.82) is 5.26 Å². The van der Waals surface area contributed by atoms with Crippen molar-refractivity contribution >= 4 is 18.7 Å². The first-order chi connectivity index (χ1) is 16.1. The molecule has 0 aromatic heterocycles. The van der Waals surface area contributed by atoms with E-state index in [9.17, 15) is 15.2 Å². The molecule has 1 unspecified atom stereocenters. The summed E-state index contributed by atoms with van der Waals surface area (Å²) in [6.07, 6.45) is 0.234. The maximum atomic E-state index is 12.4. The second-order valence-corrected chi connectivity index (χ2v) is 14.2. The molecule has 2 N–H and O–H groups in total. The number of hydrogen-bond donors (Lipinski definition) is 2. The van der Waals surface area contributed by atoms with Crippen LogP contribution in [0.2, 0.25) is 5.04 Å². The molecule has 2 saturated heterocycles. The molecule has 2 aliphatic heterocycles. The first-order valence-electron chi connectivity index (χ1n) is 11.7.